The van der Waals surface area contributed by atoms with E-state index in [1.54, 1.807) is 0 Å². The van der Waals surface area contributed by atoms with Crippen molar-refractivity contribution in [3.05, 3.63) is 0 Å². The molecule has 0 aliphatic heterocycles. The summed E-state index contributed by atoms with van der Waals surface area (Å²) in [6.07, 6.45) is 5.06. The average molecular weight is 274 g/mol. The summed E-state index contributed by atoms with van der Waals surface area (Å²) in [5.74, 6) is 0. The van der Waals surface area contributed by atoms with Crippen molar-refractivity contribution in [2.24, 2.45) is 5.41 Å². The fourth-order valence-corrected chi connectivity index (χ4v) is 1.96. The number of unbranched alkanes of at least 4 members (excludes halogenated alkanes) is 2. The van der Waals surface area contributed by atoms with Gasteiger partial charge in [-0.3, -0.25) is 0 Å². The molecule has 0 aromatic carbocycles. The Morgan fingerprint density at radius 3 is 2.16 bits per heavy atom. The smallest absolute Gasteiger partial charge is 0.0784 e. The lowest BCUT2D eigenvalue weighted by molar-refractivity contribution is -0.105. The maximum atomic E-state index is 8.94. The Labute approximate surface area is 119 Å². The predicted molar refractivity (Wildman–Crippen MR) is 80.4 cm³/mol. The van der Waals surface area contributed by atoms with Crippen molar-refractivity contribution in [3.8, 4) is 0 Å². The van der Waals surface area contributed by atoms with Crippen LogP contribution in [0.25, 0.3) is 0 Å². The van der Waals surface area contributed by atoms with E-state index in [1.807, 2.05) is 13.8 Å². The van der Waals surface area contributed by atoms with Gasteiger partial charge < -0.3 is 14.6 Å². The van der Waals surface area contributed by atoms with Crippen molar-refractivity contribution in [3.63, 3.8) is 0 Å². The standard InChI is InChI=1S/C16H34O3/c1-7-8-9-10-15(16(4,5)6)19-14(3)12-18-13(2)11-17/h13-15,17H,7-12H2,1-6H3. The van der Waals surface area contributed by atoms with E-state index in [9.17, 15) is 0 Å². The molecule has 0 saturated carbocycles. The fourth-order valence-electron chi connectivity index (χ4n) is 1.96. The van der Waals surface area contributed by atoms with E-state index >= 15 is 0 Å². The molecule has 0 aliphatic rings. The number of rotatable bonds is 10. The van der Waals surface area contributed by atoms with Gasteiger partial charge in [0, 0.05) is 0 Å². The molecule has 3 heteroatoms. The molecule has 0 spiro atoms. The minimum Gasteiger partial charge on any atom is -0.394 e. The van der Waals surface area contributed by atoms with Crippen LogP contribution >= 0.6 is 0 Å². The SMILES string of the molecule is CCCCCC(OC(C)COC(C)CO)C(C)(C)C. The van der Waals surface area contributed by atoms with E-state index in [0.717, 1.165) is 6.42 Å². The molecule has 0 aromatic heterocycles. The van der Waals surface area contributed by atoms with Gasteiger partial charge >= 0.3 is 0 Å². The molecule has 0 radical (unpaired) electrons. The summed E-state index contributed by atoms with van der Waals surface area (Å²) in [5, 5.41) is 8.94. The van der Waals surface area contributed by atoms with Crippen molar-refractivity contribution in [2.75, 3.05) is 13.2 Å². The summed E-state index contributed by atoms with van der Waals surface area (Å²) in [7, 11) is 0. The predicted octanol–water partition coefficient (Wildman–Crippen LogP) is 3.78. The van der Waals surface area contributed by atoms with Crippen LogP contribution in [0.3, 0.4) is 0 Å². The van der Waals surface area contributed by atoms with Gasteiger partial charge in [0.05, 0.1) is 31.5 Å². The lowest BCUT2D eigenvalue weighted by Crippen LogP contribution is -2.34. The summed E-state index contributed by atoms with van der Waals surface area (Å²) in [6.45, 7) is 13.4. The molecule has 0 heterocycles. The maximum absolute atomic E-state index is 8.94. The second kappa shape index (κ2) is 9.73. The first-order chi connectivity index (χ1) is 8.81. The number of hydrogen-bond acceptors (Lipinski definition) is 3. The Hall–Kier alpha value is -0.120. The molecule has 3 atom stereocenters. The van der Waals surface area contributed by atoms with E-state index in [2.05, 4.69) is 27.7 Å². The molecule has 1 N–H and O–H groups in total. The third-order valence-electron chi connectivity index (χ3n) is 3.30. The summed E-state index contributed by atoms with van der Waals surface area (Å²) in [4.78, 5) is 0. The summed E-state index contributed by atoms with van der Waals surface area (Å²) in [6, 6.07) is 0. The molecule has 0 amide bonds. The average Bonchev–Trinajstić information content (AvgIpc) is 2.33. The first-order valence-electron chi connectivity index (χ1n) is 7.69. The van der Waals surface area contributed by atoms with E-state index in [0.29, 0.717) is 6.61 Å². The van der Waals surface area contributed by atoms with Gasteiger partial charge in [-0.1, -0.05) is 47.0 Å². The van der Waals surface area contributed by atoms with Gasteiger partial charge in [-0.2, -0.15) is 0 Å². The van der Waals surface area contributed by atoms with Crippen LogP contribution in [0.5, 0.6) is 0 Å². The molecule has 0 aromatic rings. The molecule has 0 aliphatic carbocycles. The zero-order chi connectivity index (χ0) is 14.9. The second-order valence-electron chi connectivity index (χ2n) is 6.62. The van der Waals surface area contributed by atoms with Crippen LogP contribution in [0.4, 0.5) is 0 Å². The normalized spacial score (nSPS) is 17.2. The molecule has 0 saturated heterocycles. The van der Waals surface area contributed by atoms with Crippen LogP contribution in [0.15, 0.2) is 0 Å². The Morgan fingerprint density at radius 1 is 1.05 bits per heavy atom. The number of aliphatic hydroxyl groups is 1. The lowest BCUT2D eigenvalue weighted by Gasteiger charge is -2.33. The van der Waals surface area contributed by atoms with Crippen molar-refractivity contribution in [1.29, 1.82) is 0 Å². The van der Waals surface area contributed by atoms with Crippen LogP contribution in [0, 0.1) is 5.41 Å². The second-order valence-corrected chi connectivity index (χ2v) is 6.62. The Morgan fingerprint density at radius 2 is 1.68 bits per heavy atom. The van der Waals surface area contributed by atoms with E-state index in [1.165, 1.54) is 19.3 Å². The Balaban J connectivity index is 4.15. The highest BCUT2D eigenvalue weighted by Gasteiger charge is 2.26. The minimum absolute atomic E-state index is 0.0614. The van der Waals surface area contributed by atoms with Gasteiger partial charge in [0.25, 0.3) is 0 Å². The summed E-state index contributed by atoms with van der Waals surface area (Å²) >= 11 is 0. The van der Waals surface area contributed by atoms with E-state index < -0.39 is 0 Å². The highest BCUT2D eigenvalue weighted by atomic mass is 16.5. The molecule has 3 nitrogen and oxygen atoms in total. The molecule has 3 unspecified atom stereocenters. The first-order valence-corrected chi connectivity index (χ1v) is 7.69. The van der Waals surface area contributed by atoms with Crippen LogP contribution in [0.2, 0.25) is 0 Å². The van der Waals surface area contributed by atoms with Crippen molar-refractivity contribution >= 4 is 0 Å². The molecule has 116 valence electrons. The van der Waals surface area contributed by atoms with Crippen molar-refractivity contribution in [1.82, 2.24) is 0 Å². The van der Waals surface area contributed by atoms with Gasteiger partial charge in [-0.05, 0) is 25.7 Å². The maximum Gasteiger partial charge on any atom is 0.0784 e. The van der Waals surface area contributed by atoms with E-state index in [4.69, 9.17) is 14.6 Å². The highest BCUT2D eigenvalue weighted by molar-refractivity contribution is 4.75. The highest BCUT2D eigenvalue weighted by Crippen LogP contribution is 2.27. The molecule has 0 bridgehead atoms. The van der Waals surface area contributed by atoms with Gasteiger partial charge in [-0.25, -0.2) is 0 Å². The fraction of sp³-hybridized carbons (Fsp3) is 1.00. The number of ether oxygens (including phenoxy) is 2. The monoisotopic (exact) mass is 274 g/mol. The third kappa shape index (κ3) is 9.42. The summed E-state index contributed by atoms with van der Waals surface area (Å²) in [5.41, 5.74) is 0.157. The van der Waals surface area contributed by atoms with Gasteiger partial charge in [0.2, 0.25) is 0 Å². The van der Waals surface area contributed by atoms with Gasteiger partial charge in [0.15, 0.2) is 0 Å². The summed E-state index contributed by atoms with van der Waals surface area (Å²) < 4.78 is 11.7. The number of aliphatic hydroxyl groups excluding tert-OH is 1. The van der Waals surface area contributed by atoms with E-state index in [-0.39, 0.29) is 30.3 Å². The minimum atomic E-state index is -0.112. The molecular formula is C16H34O3. The van der Waals surface area contributed by atoms with Crippen LogP contribution in [-0.4, -0.2) is 36.6 Å². The molecular weight excluding hydrogens is 240 g/mol. The number of hydrogen-bond donors (Lipinski definition) is 1. The quantitative estimate of drug-likeness (QED) is 0.616. The zero-order valence-electron chi connectivity index (χ0n) is 13.7. The zero-order valence-corrected chi connectivity index (χ0v) is 13.7. The largest absolute Gasteiger partial charge is 0.394 e. The molecule has 19 heavy (non-hydrogen) atoms. The molecule has 0 fully saturated rings. The topological polar surface area (TPSA) is 38.7 Å². The Bertz CT molecular complexity index is 211. The Kier molecular flexibility index (Phi) is 9.67. The van der Waals surface area contributed by atoms with Gasteiger partial charge in [0.1, 0.15) is 0 Å². The molecule has 0 rings (SSSR count). The third-order valence-corrected chi connectivity index (χ3v) is 3.30. The van der Waals surface area contributed by atoms with Crippen LogP contribution in [-0.2, 0) is 9.47 Å². The van der Waals surface area contributed by atoms with Crippen LogP contribution in [0.1, 0.15) is 67.2 Å². The lowest BCUT2D eigenvalue weighted by atomic mass is 9.85. The van der Waals surface area contributed by atoms with Gasteiger partial charge in [-0.15, -0.1) is 0 Å². The van der Waals surface area contributed by atoms with Crippen LogP contribution < -0.4 is 0 Å². The first kappa shape index (κ1) is 18.9. The van der Waals surface area contributed by atoms with Crippen molar-refractivity contribution < 1.29 is 14.6 Å². The van der Waals surface area contributed by atoms with Crippen molar-refractivity contribution in [2.45, 2.75) is 85.5 Å².